The molecular weight excluding hydrogens is 472 g/mol. The predicted molar refractivity (Wildman–Crippen MR) is 117 cm³/mol. The highest BCUT2D eigenvalue weighted by atomic mass is 79.9. The van der Waals surface area contributed by atoms with Crippen molar-refractivity contribution in [3.63, 3.8) is 0 Å². The lowest BCUT2D eigenvalue weighted by Gasteiger charge is -2.11. The van der Waals surface area contributed by atoms with Gasteiger partial charge in [0.25, 0.3) is 16.0 Å². The van der Waals surface area contributed by atoms with Gasteiger partial charge in [0.15, 0.2) is 0 Å². The first kappa shape index (κ1) is 20.3. The van der Waals surface area contributed by atoms with E-state index in [1.165, 1.54) is 29.3 Å². The van der Waals surface area contributed by atoms with Crippen LogP contribution in [0.3, 0.4) is 0 Å². The van der Waals surface area contributed by atoms with Crippen LogP contribution in [0.5, 0.6) is 0 Å². The van der Waals surface area contributed by atoms with Crippen LogP contribution in [0.2, 0.25) is 0 Å². The van der Waals surface area contributed by atoms with E-state index in [0.29, 0.717) is 28.5 Å². The van der Waals surface area contributed by atoms with Crippen LogP contribution in [0.4, 0.5) is 5.69 Å². The van der Waals surface area contributed by atoms with Crippen molar-refractivity contribution in [3.05, 3.63) is 76.5 Å². The summed E-state index contributed by atoms with van der Waals surface area (Å²) in [4.78, 5) is 12.6. The molecule has 0 saturated heterocycles. The smallest absolute Gasteiger partial charge is 0.294 e. The minimum absolute atomic E-state index is 0.259. The molecule has 9 heteroatoms. The molecule has 0 bridgehead atoms. The minimum atomic E-state index is -4.31. The van der Waals surface area contributed by atoms with E-state index < -0.39 is 10.1 Å². The number of nitrogens with zero attached hydrogens (tertiary/aromatic N) is 2. The summed E-state index contributed by atoms with van der Waals surface area (Å²) >= 11 is 3.40. The first-order chi connectivity index (χ1) is 14.2. The number of furan rings is 1. The Morgan fingerprint density at radius 2 is 1.70 bits per heavy atom. The molecule has 0 aliphatic carbocycles. The van der Waals surface area contributed by atoms with Crippen molar-refractivity contribution in [3.8, 4) is 11.3 Å². The Labute approximate surface area is 181 Å². The lowest BCUT2D eigenvalue weighted by Crippen LogP contribution is -2.21. The molecule has 0 unspecified atom stereocenters. The highest BCUT2D eigenvalue weighted by Crippen LogP contribution is 2.28. The molecule has 0 radical (unpaired) electrons. The Morgan fingerprint density at radius 3 is 2.33 bits per heavy atom. The molecule has 0 spiro atoms. The Hall–Kier alpha value is -3.01. The molecule has 30 heavy (non-hydrogen) atoms. The Bertz CT molecular complexity index is 1290. The number of hydrazone groups is 1. The van der Waals surface area contributed by atoms with Gasteiger partial charge in [-0.05, 0) is 61.5 Å². The summed E-state index contributed by atoms with van der Waals surface area (Å²) in [5, 5.41) is 5.43. The fourth-order valence-electron chi connectivity index (χ4n) is 2.96. The van der Waals surface area contributed by atoms with Crippen molar-refractivity contribution >= 4 is 49.4 Å². The molecule has 1 amide bonds. The molecule has 1 aliphatic rings. The van der Waals surface area contributed by atoms with Gasteiger partial charge in [-0.3, -0.25) is 9.35 Å². The first-order valence-electron chi connectivity index (χ1n) is 8.77. The van der Waals surface area contributed by atoms with Gasteiger partial charge in [0.1, 0.15) is 11.5 Å². The van der Waals surface area contributed by atoms with Crippen molar-refractivity contribution < 1.29 is 22.2 Å². The SMILES string of the molecule is CC1=NN(c2ccc(S(=O)(=O)O)cc2)C(=O)/C1=C/c1ccc(-c2ccc(Br)cc2)o1. The number of amides is 1. The van der Waals surface area contributed by atoms with E-state index >= 15 is 0 Å². The van der Waals surface area contributed by atoms with Crippen LogP contribution in [0, 0.1) is 0 Å². The number of carbonyl (C=O) groups excluding carboxylic acids is 1. The zero-order chi connectivity index (χ0) is 21.5. The molecule has 2 aromatic carbocycles. The number of anilines is 1. The van der Waals surface area contributed by atoms with E-state index in [0.717, 1.165) is 10.0 Å². The highest BCUT2D eigenvalue weighted by Gasteiger charge is 2.29. The van der Waals surface area contributed by atoms with Crippen LogP contribution in [0.15, 0.2) is 85.1 Å². The molecule has 152 valence electrons. The maximum Gasteiger partial charge on any atom is 0.294 e. The normalized spacial score (nSPS) is 15.7. The van der Waals surface area contributed by atoms with Gasteiger partial charge in [0.05, 0.1) is 21.9 Å². The van der Waals surface area contributed by atoms with Crippen molar-refractivity contribution in [2.75, 3.05) is 5.01 Å². The fraction of sp³-hybridized carbons (Fsp3) is 0.0476. The second-order valence-corrected chi connectivity index (χ2v) is 8.88. The molecule has 2 heterocycles. The van der Waals surface area contributed by atoms with Crippen molar-refractivity contribution in [1.29, 1.82) is 0 Å². The van der Waals surface area contributed by atoms with Crippen molar-refractivity contribution in [2.24, 2.45) is 5.10 Å². The lowest BCUT2D eigenvalue weighted by molar-refractivity contribution is -0.114. The van der Waals surface area contributed by atoms with Crippen LogP contribution in [0.1, 0.15) is 12.7 Å². The van der Waals surface area contributed by atoms with Gasteiger partial charge in [-0.2, -0.15) is 18.5 Å². The van der Waals surface area contributed by atoms with E-state index in [1.54, 1.807) is 19.1 Å². The predicted octanol–water partition coefficient (Wildman–Crippen LogP) is 4.76. The number of rotatable bonds is 4. The quantitative estimate of drug-likeness (QED) is 0.423. The third-order valence-electron chi connectivity index (χ3n) is 4.48. The van der Waals surface area contributed by atoms with E-state index in [-0.39, 0.29) is 10.8 Å². The molecule has 0 fully saturated rings. The summed E-state index contributed by atoms with van der Waals surface area (Å²) in [6.07, 6.45) is 1.62. The maximum atomic E-state index is 12.8. The lowest BCUT2D eigenvalue weighted by atomic mass is 10.1. The fourth-order valence-corrected chi connectivity index (χ4v) is 3.70. The maximum absolute atomic E-state index is 12.8. The van der Waals surface area contributed by atoms with E-state index in [2.05, 4.69) is 21.0 Å². The van der Waals surface area contributed by atoms with Gasteiger partial charge in [-0.25, -0.2) is 0 Å². The van der Waals surface area contributed by atoms with E-state index in [1.807, 2.05) is 30.3 Å². The summed E-state index contributed by atoms with van der Waals surface area (Å²) in [5.74, 6) is 0.815. The number of benzene rings is 2. The van der Waals surface area contributed by atoms with Crippen LogP contribution >= 0.6 is 15.9 Å². The van der Waals surface area contributed by atoms with Crippen LogP contribution in [-0.4, -0.2) is 24.6 Å². The van der Waals surface area contributed by atoms with Gasteiger partial charge in [-0.1, -0.05) is 28.1 Å². The number of carbonyl (C=O) groups is 1. The highest BCUT2D eigenvalue weighted by molar-refractivity contribution is 9.10. The Kier molecular flexibility index (Phi) is 5.19. The third kappa shape index (κ3) is 4.00. The molecule has 1 N–H and O–H groups in total. The zero-order valence-corrected chi connectivity index (χ0v) is 18.0. The minimum Gasteiger partial charge on any atom is -0.457 e. The molecule has 4 rings (SSSR count). The summed E-state index contributed by atoms with van der Waals surface area (Å²) in [6, 6.07) is 16.5. The van der Waals surface area contributed by atoms with Gasteiger partial charge >= 0.3 is 0 Å². The molecule has 0 atom stereocenters. The topological polar surface area (TPSA) is 100 Å². The van der Waals surface area contributed by atoms with E-state index in [9.17, 15) is 13.2 Å². The van der Waals surface area contributed by atoms with Crippen molar-refractivity contribution in [2.45, 2.75) is 11.8 Å². The second kappa shape index (κ2) is 7.67. The zero-order valence-electron chi connectivity index (χ0n) is 15.6. The molecule has 7 nitrogen and oxygen atoms in total. The van der Waals surface area contributed by atoms with Crippen LogP contribution in [-0.2, 0) is 14.9 Å². The summed E-state index contributed by atoms with van der Waals surface area (Å²) in [7, 11) is -4.31. The number of hydrogen-bond donors (Lipinski definition) is 1. The number of hydrogen-bond acceptors (Lipinski definition) is 5. The van der Waals surface area contributed by atoms with Gasteiger partial charge < -0.3 is 4.42 Å². The molecular formula is C21H15BrN2O5S. The molecule has 1 aromatic heterocycles. The van der Waals surface area contributed by atoms with Crippen molar-refractivity contribution in [1.82, 2.24) is 0 Å². The van der Waals surface area contributed by atoms with Crippen LogP contribution < -0.4 is 5.01 Å². The average molecular weight is 487 g/mol. The van der Waals surface area contributed by atoms with Crippen LogP contribution in [0.25, 0.3) is 17.4 Å². The molecule has 1 aliphatic heterocycles. The largest absolute Gasteiger partial charge is 0.457 e. The van der Waals surface area contributed by atoms with Gasteiger partial charge in [0.2, 0.25) is 0 Å². The number of halogens is 1. The first-order valence-corrected chi connectivity index (χ1v) is 11.0. The van der Waals surface area contributed by atoms with Gasteiger partial charge in [0, 0.05) is 10.0 Å². The Morgan fingerprint density at radius 1 is 1.03 bits per heavy atom. The van der Waals surface area contributed by atoms with E-state index in [4.69, 9.17) is 8.97 Å². The second-order valence-electron chi connectivity index (χ2n) is 6.54. The Balaban J connectivity index is 1.59. The summed E-state index contributed by atoms with van der Waals surface area (Å²) in [6.45, 7) is 1.70. The molecule has 0 saturated carbocycles. The van der Waals surface area contributed by atoms with Gasteiger partial charge in [-0.15, -0.1) is 0 Å². The third-order valence-corrected chi connectivity index (χ3v) is 5.88. The molecule has 3 aromatic rings. The monoisotopic (exact) mass is 486 g/mol. The standard InChI is InChI=1S/C21H15BrN2O5S/c1-13-19(12-17-8-11-20(29-17)14-2-4-15(22)5-3-14)21(25)24(23-13)16-6-9-18(10-7-16)30(26,27)28/h2-12H,1H3,(H,26,27,28)/b19-12+. The summed E-state index contributed by atoms with van der Waals surface area (Å²) < 4.78 is 38.3. The summed E-state index contributed by atoms with van der Waals surface area (Å²) in [5.41, 5.74) is 2.16. The average Bonchev–Trinajstić information content (AvgIpc) is 3.28.